The Kier molecular flexibility index (Phi) is 5.83. The molecule has 6 nitrogen and oxygen atoms in total. The first-order chi connectivity index (χ1) is 15.1. The van der Waals surface area contributed by atoms with Crippen LogP contribution in [-0.4, -0.2) is 47.3 Å². The molecule has 2 saturated heterocycles. The Bertz CT molecular complexity index is 895. The molecule has 3 heterocycles. The fraction of sp³-hybridized carbons (Fsp3) is 0.640. The summed E-state index contributed by atoms with van der Waals surface area (Å²) < 4.78 is 11.9. The van der Waals surface area contributed by atoms with E-state index in [-0.39, 0.29) is 11.3 Å². The van der Waals surface area contributed by atoms with E-state index in [0.717, 1.165) is 38.2 Å². The molecule has 6 heteroatoms. The topological polar surface area (TPSA) is 68.5 Å². The molecule has 1 aromatic carbocycles. The van der Waals surface area contributed by atoms with Crippen LogP contribution < -0.4 is 0 Å². The number of aryl methyl sites for hydroxylation is 1. The van der Waals surface area contributed by atoms with E-state index >= 15 is 0 Å². The minimum Gasteiger partial charge on any atom is -0.420 e. The number of carbonyl (C=O) groups is 1. The Morgan fingerprint density at radius 2 is 1.84 bits per heavy atom. The van der Waals surface area contributed by atoms with Crippen LogP contribution in [0.25, 0.3) is 11.5 Å². The summed E-state index contributed by atoms with van der Waals surface area (Å²) in [7, 11) is 0. The molecule has 1 atom stereocenters. The highest BCUT2D eigenvalue weighted by molar-refractivity contribution is 5.77. The molecule has 31 heavy (non-hydrogen) atoms. The molecule has 1 saturated carbocycles. The standard InChI is InChI=1S/C25H33N3O3/c1-18-7-9-20(10-8-18)23-26-27-24(31-23)21-16-28(17-25(21)11-13-30-14-12-25)22(29)15-19-5-3-2-4-6-19/h7-10,19,21H,2-6,11-17H2,1H3. The van der Waals surface area contributed by atoms with Gasteiger partial charge < -0.3 is 14.1 Å². The summed E-state index contributed by atoms with van der Waals surface area (Å²) in [5.41, 5.74) is 2.12. The smallest absolute Gasteiger partial charge is 0.247 e. The predicted octanol–water partition coefficient (Wildman–Crippen LogP) is 4.74. The van der Waals surface area contributed by atoms with Gasteiger partial charge in [0.1, 0.15) is 0 Å². The number of nitrogens with zero attached hydrogens (tertiary/aromatic N) is 3. The number of benzene rings is 1. The molecule has 1 spiro atoms. The second-order valence-electron chi connectivity index (χ2n) is 9.82. The van der Waals surface area contributed by atoms with Gasteiger partial charge in [0.05, 0.1) is 5.92 Å². The van der Waals surface area contributed by atoms with Crippen LogP contribution in [0.3, 0.4) is 0 Å². The van der Waals surface area contributed by atoms with Crippen molar-refractivity contribution in [3.05, 3.63) is 35.7 Å². The third kappa shape index (κ3) is 4.27. The van der Waals surface area contributed by atoms with Gasteiger partial charge in [-0.3, -0.25) is 4.79 Å². The third-order valence-corrected chi connectivity index (χ3v) is 7.71. The Hall–Kier alpha value is -2.21. The van der Waals surface area contributed by atoms with Crippen molar-refractivity contribution in [3.63, 3.8) is 0 Å². The van der Waals surface area contributed by atoms with E-state index in [1.165, 1.54) is 37.7 Å². The molecule has 3 fully saturated rings. The Labute approximate surface area is 184 Å². The zero-order valence-electron chi connectivity index (χ0n) is 18.5. The summed E-state index contributed by atoms with van der Waals surface area (Å²) in [5, 5.41) is 8.81. The molecule has 5 rings (SSSR count). The van der Waals surface area contributed by atoms with Gasteiger partial charge in [-0.2, -0.15) is 0 Å². The Morgan fingerprint density at radius 1 is 1.10 bits per heavy atom. The van der Waals surface area contributed by atoms with Crippen LogP contribution in [0.5, 0.6) is 0 Å². The highest BCUT2D eigenvalue weighted by Gasteiger charge is 2.51. The van der Waals surface area contributed by atoms with E-state index in [1.54, 1.807) is 0 Å². The van der Waals surface area contributed by atoms with Gasteiger partial charge in [-0.1, -0.05) is 37.0 Å². The molecule has 3 aliphatic rings. The number of carbonyl (C=O) groups excluding carboxylic acids is 1. The zero-order chi connectivity index (χ0) is 21.3. The lowest BCUT2D eigenvalue weighted by Gasteiger charge is -2.36. The van der Waals surface area contributed by atoms with Crippen LogP contribution in [-0.2, 0) is 9.53 Å². The van der Waals surface area contributed by atoms with Gasteiger partial charge in [-0.05, 0) is 50.7 Å². The number of rotatable bonds is 4. The molecule has 0 bridgehead atoms. The summed E-state index contributed by atoms with van der Waals surface area (Å²) in [6.45, 7) is 5.01. The fourth-order valence-electron chi connectivity index (χ4n) is 5.74. The summed E-state index contributed by atoms with van der Waals surface area (Å²) in [4.78, 5) is 15.3. The first kappa shape index (κ1) is 20.7. The van der Waals surface area contributed by atoms with E-state index in [2.05, 4.69) is 34.2 Å². The monoisotopic (exact) mass is 423 g/mol. The van der Waals surface area contributed by atoms with Crippen LogP contribution in [0.15, 0.2) is 28.7 Å². The minimum atomic E-state index is -0.0163. The van der Waals surface area contributed by atoms with Crippen LogP contribution in [0, 0.1) is 18.3 Å². The number of likely N-dealkylation sites (tertiary alicyclic amines) is 1. The van der Waals surface area contributed by atoms with Gasteiger partial charge in [-0.15, -0.1) is 10.2 Å². The summed E-state index contributed by atoms with van der Waals surface area (Å²) >= 11 is 0. The Morgan fingerprint density at radius 3 is 2.58 bits per heavy atom. The van der Waals surface area contributed by atoms with E-state index in [1.807, 2.05) is 12.1 Å². The number of amides is 1. The van der Waals surface area contributed by atoms with Gasteiger partial charge in [0.15, 0.2) is 0 Å². The van der Waals surface area contributed by atoms with Crippen LogP contribution in [0.1, 0.15) is 68.7 Å². The van der Waals surface area contributed by atoms with Crippen molar-refractivity contribution in [3.8, 4) is 11.5 Å². The zero-order valence-corrected chi connectivity index (χ0v) is 18.5. The SMILES string of the molecule is Cc1ccc(-c2nnc(C3CN(C(=O)CC4CCCCC4)CC34CCOCC4)o2)cc1. The van der Waals surface area contributed by atoms with Gasteiger partial charge in [0, 0.05) is 43.7 Å². The molecular weight excluding hydrogens is 390 g/mol. The molecule has 1 unspecified atom stereocenters. The van der Waals surface area contributed by atoms with Crippen molar-refractivity contribution in [2.45, 2.75) is 64.2 Å². The summed E-state index contributed by atoms with van der Waals surface area (Å²) in [6, 6.07) is 8.15. The van der Waals surface area contributed by atoms with Crippen molar-refractivity contribution in [1.82, 2.24) is 15.1 Å². The molecule has 2 aliphatic heterocycles. The quantitative estimate of drug-likeness (QED) is 0.711. The maximum Gasteiger partial charge on any atom is 0.247 e. The average Bonchev–Trinajstić information content (AvgIpc) is 3.41. The number of aromatic nitrogens is 2. The highest BCUT2D eigenvalue weighted by atomic mass is 16.5. The summed E-state index contributed by atoms with van der Waals surface area (Å²) in [6.07, 6.45) is 8.83. The normalized spacial score (nSPS) is 24.0. The predicted molar refractivity (Wildman–Crippen MR) is 117 cm³/mol. The lowest BCUT2D eigenvalue weighted by molar-refractivity contribution is -0.132. The molecule has 166 valence electrons. The van der Waals surface area contributed by atoms with Crippen molar-refractivity contribution < 1.29 is 13.9 Å². The first-order valence-corrected chi connectivity index (χ1v) is 11.9. The minimum absolute atomic E-state index is 0.0163. The van der Waals surface area contributed by atoms with Crippen molar-refractivity contribution >= 4 is 5.91 Å². The van der Waals surface area contributed by atoms with E-state index in [0.29, 0.717) is 36.6 Å². The van der Waals surface area contributed by atoms with Crippen LogP contribution in [0.2, 0.25) is 0 Å². The van der Waals surface area contributed by atoms with E-state index < -0.39 is 0 Å². The van der Waals surface area contributed by atoms with E-state index in [9.17, 15) is 4.79 Å². The first-order valence-electron chi connectivity index (χ1n) is 11.9. The molecular formula is C25H33N3O3. The lowest BCUT2D eigenvalue weighted by Crippen LogP contribution is -2.37. The van der Waals surface area contributed by atoms with Crippen molar-refractivity contribution in [2.24, 2.45) is 11.3 Å². The molecule has 0 N–H and O–H groups in total. The fourth-order valence-corrected chi connectivity index (χ4v) is 5.74. The van der Waals surface area contributed by atoms with E-state index in [4.69, 9.17) is 9.15 Å². The maximum absolute atomic E-state index is 13.2. The third-order valence-electron chi connectivity index (χ3n) is 7.71. The largest absolute Gasteiger partial charge is 0.420 e. The van der Waals surface area contributed by atoms with Gasteiger partial charge in [-0.25, -0.2) is 0 Å². The second kappa shape index (κ2) is 8.73. The van der Waals surface area contributed by atoms with Crippen LogP contribution >= 0.6 is 0 Å². The summed E-state index contributed by atoms with van der Waals surface area (Å²) in [5.74, 6) is 2.18. The highest BCUT2D eigenvalue weighted by Crippen LogP contribution is 2.49. The van der Waals surface area contributed by atoms with Gasteiger partial charge >= 0.3 is 0 Å². The number of hydrogen-bond donors (Lipinski definition) is 0. The lowest BCUT2D eigenvalue weighted by atomic mass is 9.72. The van der Waals surface area contributed by atoms with Crippen molar-refractivity contribution in [1.29, 1.82) is 0 Å². The van der Waals surface area contributed by atoms with Gasteiger partial charge in [0.2, 0.25) is 17.7 Å². The van der Waals surface area contributed by atoms with Crippen LogP contribution in [0.4, 0.5) is 0 Å². The molecule has 1 aliphatic carbocycles. The second-order valence-corrected chi connectivity index (χ2v) is 9.82. The Balaban J connectivity index is 1.36. The molecule has 1 aromatic heterocycles. The number of ether oxygens (including phenoxy) is 1. The average molecular weight is 424 g/mol. The molecule has 0 radical (unpaired) electrons. The number of hydrogen-bond acceptors (Lipinski definition) is 5. The molecule has 1 amide bonds. The molecule has 2 aromatic rings. The van der Waals surface area contributed by atoms with Gasteiger partial charge in [0.25, 0.3) is 0 Å². The van der Waals surface area contributed by atoms with Crippen molar-refractivity contribution in [2.75, 3.05) is 26.3 Å². The maximum atomic E-state index is 13.2.